The van der Waals surface area contributed by atoms with E-state index in [1.165, 1.54) is 18.2 Å². The standard InChI is InChI=1S/C24H17F7N2O5S/c25-21-18(23(26,27)28)7-6-17(20(21)22(34)33-12-2-1-3-14(10-12)39(32,35)36)15-8-9-37-19-11-13(4-5-16(15)19)38-24(29,30)31/h1-7,10-11,15H,8-9H2,(H,33,34)(H2,32,35,36). The fourth-order valence-electron chi connectivity index (χ4n) is 4.17. The third-order valence-electron chi connectivity index (χ3n) is 5.76. The molecule has 0 saturated heterocycles. The first-order valence-electron chi connectivity index (χ1n) is 10.9. The monoisotopic (exact) mass is 578 g/mol. The van der Waals surface area contributed by atoms with Gasteiger partial charge in [0.2, 0.25) is 10.0 Å². The van der Waals surface area contributed by atoms with Crippen LogP contribution in [0.25, 0.3) is 0 Å². The third kappa shape index (κ3) is 6.25. The average molecular weight is 578 g/mol. The Bertz CT molecular complexity index is 1540. The van der Waals surface area contributed by atoms with Gasteiger partial charge in [0.1, 0.15) is 17.3 Å². The zero-order valence-corrected chi connectivity index (χ0v) is 20.2. The summed E-state index contributed by atoms with van der Waals surface area (Å²) in [5.74, 6) is -4.88. The first-order valence-corrected chi connectivity index (χ1v) is 12.5. The molecular formula is C24H17F7N2O5S. The number of primary sulfonamides is 1. The first-order chi connectivity index (χ1) is 18.0. The van der Waals surface area contributed by atoms with Crippen molar-refractivity contribution in [2.24, 2.45) is 5.14 Å². The van der Waals surface area contributed by atoms with Crippen molar-refractivity contribution in [2.45, 2.75) is 29.8 Å². The normalized spacial score (nSPS) is 15.7. The maximum Gasteiger partial charge on any atom is 0.573 e. The molecule has 0 bridgehead atoms. The highest BCUT2D eigenvalue weighted by molar-refractivity contribution is 7.89. The van der Waals surface area contributed by atoms with E-state index in [1.54, 1.807) is 0 Å². The van der Waals surface area contributed by atoms with E-state index in [0.717, 1.165) is 30.3 Å². The Kier molecular flexibility index (Phi) is 7.25. The van der Waals surface area contributed by atoms with Crippen LogP contribution in [0.5, 0.6) is 11.5 Å². The molecule has 1 amide bonds. The summed E-state index contributed by atoms with van der Waals surface area (Å²) in [6, 6.07) is 8.87. The molecule has 1 aliphatic rings. The molecule has 0 radical (unpaired) electrons. The minimum Gasteiger partial charge on any atom is -0.493 e. The summed E-state index contributed by atoms with van der Waals surface area (Å²) in [4.78, 5) is 12.8. The van der Waals surface area contributed by atoms with Gasteiger partial charge in [-0.1, -0.05) is 18.2 Å². The summed E-state index contributed by atoms with van der Waals surface area (Å²) in [5, 5.41) is 7.25. The molecule has 3 aromatic rings. The SMILES string of the molecule is NS(=O)(=O)c1cccc(NC(=O)c2c(C3CCOc4cc(OC(F)(F)F)ccc43)ccc(C(F)(F)F)c2F)c1. The summed E-state index contributed by atoms with van der Waals surface area (Å²) in [6.07, 6.45) is -10.1. The van der Waals surface area contributed by atoms with Gasteiger partial charge < -0.3 is 14.8 Å². The molecule has 7 nitrogen and oxygen atoms in total. The number of benzene rings is 3. The molecule has 1 atom stereocenters. The number of anilines is 1. The molecule has 208 valence electrons. The van der Waals surface area contributed by atoms with Gasteiger partial charge in [-0.05, 0) is 42.3 Å². The van der Waals surface area contributed by atoms with Crippen LogP contribution >= 0.6 is 0 Å². The highest BCUT2D eigenvalue weighted by atomic mass is 32.2. The maximum absolute atomic E-state index is 15.4. The van der Waals surface area contributed by atoms with Crippen molar-refractivity contribution >= 4 is 21.6 Å². The molecule has 3 N–H and O–H groups in total. The summed E-state index contributed by atoms with van der Waals surface area (Å²) in [5.41, 5.74) is -2.93. The number of amides is 1. The molecule has 0 spiro atoms. The minimum atomic E-state index is -5.16. The summed E-state index contributed by atoms with van der Waals surface area (Å²) < 4.78 is 126. The molecule has 1 unspecified atom stereocenters. The number of hydrogen-bond donors (Lipinski definition) is 2. The number of carbonyl (C=O) groups is 1. The smallest absolute Gasteiger partial charge is 0.493 e. The lowest BCUT2D eigenvalue weighted by Gasteiger charge is -2.28. The second-order valence-corrected chi connectivity index (χ2v) is 9.91. The van der Waals surface area contributed by atoms with Gasteiger partial charge in [-0.3, -0.25) is 4.79 Å². The van der Waals surface area contributed by atoms with E-state index in [1.807, 2.05) is 0 Å². The lowest BCUT2D eigenvalue weighted by Crippen LogP contribution is -2.24. The first kappa shape index (κ1) is 28.2. The number of alkyl halides is 6. The lowest BCUT2D eigenvalue weighted by atomic mass is 9.83. The Morgan fingerprint density at radius 2 is 1.69 bits per heavy atom. The van der Waals surface area contributed by atoms with Crippen LogP contribution in [-0.4, -0.2) is 27.3 Å². The Balaban J connectivity index is 1.81. The number of carbonyl (C=O) groups excluding carboxylic acids is 1. The van der Waals surface area contributed by atoms with Crippen molar-refractivity contribution in [3.63, 3.8) is 0 Å². The Morgan fingerprint density at radius 3 is 2.33 bits per heavy atom. The van der Waals surface area contributed by atoms with Gasteiger partial charge >= 0.3 is 12.5 Å². The van der Waals surface area contributed by atoms with Crippen molar-refractivity contribution < 1.29 is 53.4 Å². The van der Waals surface area contributed by atoms with E-state index < -0.39 is 62.0 Å². The predicted molar refractivity (Wildman–Crippen MR) is 122 cm³/mol. The van der Waals surface area contributed by atoms with E-state index in [9.17, 15) is 39.6 Å². The Hall–Kier alpha value is -3.85. The lowest BCUT2D eigenvalue weighted by molar-refractivity contribution is -0.274. The number of halogens is 7. The number of hydrogen-bond acceptors (Lipinski definition) is 5. The number of rotatable bonds is 5. The van der Waals surface area contributed by atoms with Crippen LogP contribution in [0.3, 0.4) is 0 Å². The molecule has 3 aromatic carbocycles. The highest BCUT2D eigenvalue weighted by Gasteiger charge is 2.39. The second-order valence-electron chi connectivity index (χ2n) is 8.35. The van der Waals surface area contributed by atoms with Crippen molar-refractivity contribution in [3.05, 3.63) is 82.7 Å². The van der Waals surface area contributed by atoms with Crippen molar-refractivity contribution in [2.75, 3.05) is 11.9 Å². The zero-order valence-electron chi connectivity index (χ0n) is 19.4. The fourth-order valence-corrected chi connectivity index (χ4v) is 4.72. The van der Waals surface area contributed by atoms with Gasteiger partial charge in [0.25, 0.3) is 5.91 Å². The van der Waals surface area contributed by atoms with Gasteiger partial charge in [-0.15, -0.1) is 13.2 Å². The van der Waals surface area contributed by atoms with Crippen molar-refractivity contribution in [3.8, 4) is 11.5 Å². The molecule has 15 heteroatoms. The predicted octanol–water partition coefficient (Wildman–Crippen LogP) is 5.56. The molecule has 39 heavy (non-hydrogen) atoms. The van der Waals surface area contributed by atoms with E-state index in [2.05, 4.69) is 10.1 Å². The van der Waals surface area contributed by atoms with Crippen LogP contribution in [0.2, 0.25) is 0 Å². The number of nitrogens with two attached hydrogens (primary N) is 1. The summed E-state index contributed by atoms with van der Waals surface area (Å²) in [7, 11) is -4.20. The van der Waals surface area contributed by atoms with Crippen LogP contribution in [0.4, 0.5) is 36.4 Å². The van der Waals surface area contributed by atoms with E-state index in [4.69, 9.17) is 9.88 Å². The van der Waals surface area contributed by atoms with Crippen LogP contribution < -0.4 is 19.9 Å². The van der Waals surface area contributed by atoms with Gasteiger partial charge in [-0.2, -0.15) is 13.2 Å². The number of ether oxygens (including phenoxy) is 2. The molecule has 0 aromatic heterocycles. The summed E-state index contributed by atoms with van der Waals surface area (Å²) >= 11 is 0. The van der Waals surface area contributed by atoms with E-state index in [0.29, 0.717) is 6.07 Å². The second kappa shape index (κ2) is 10.0. The average Bonchev–Trinajstić information content (AvgIpc) is 2.81. The topological polar surface area (TPSA) is 108 Å². The van der Waals surface area contributed by atoms with E-state index in [-0.39, 0.29) is 35.6 Å². The molecule has 0 aliphatic carbocycles. The maximum atomic E-state index is 15.4. The molecule has 0 saturated carbocycles. The number of sulfonamides is 1. The molecule has 1 heterocycles. The third-order valence-corrected chi connectivity index (χ3v) is 6.67. The van der Waals surface area contributed by atoms with Gasteiger partial charge in [0, 0.05) is 23.2 Å². The zero-order chi connectivity index (χ0) is 28.8. The van der Waals surface area contributed by atoms with Crippen LogP contribution in [0, 0.1) is 5.82 Å². The number of fused-ring (bicyclic) bond motifs is 1. The molecule has 1 aliphatic heterocycles. The minimum absolute atomic E-state index is 0.0401. The quantitative estimate of drug-likeness (QED) is 0.386. The molecular weight excluding hydrogens is 561 g/mol. The largest absolute Gasteiger partial charge is 0.573 e. The van der Waals surface area contributed by atoms with Gasteiger partial charge in [-0.25, -0.2) is 17.9 Å². The highest BCUT2D eigenvalue weighted by Crippen LogP contribution is 2.44. The van der Waals surface area contributed by atoms with Crippen molar-refractivity contribution in [1.29, 1.82) is 0 Å². The summed E-state index contributed by atoms with van der Waals surface area (Å²) in [6.45, 7) is -0.118. The Morgan fingerprint density at radius 1 is 1.00 bits per heavy atom. The molecule has 0 fully saturated rings. The fraction of sp³-hybridized carbons (Fsp3) is 0.208. The van der Waals surface area contributed by atoms with Crippen LogP contribution in [0.1, 0.15) is 39.4 Å². The number of nitrogens with one attached hydrogen (secondary N) is 1. The van der Waals surface area contributed by atoms with Crippen LogP contribution in [-0.2, 0) is 16.2 Å². The van der Waals surface area contributed by atoms with Gasteiger partial charge in [0.05, 0.1) is 22.6 Å². The van der Waals surface area contributed by atoms with Gasteiger partial charge in [0.15, 0.2) is 0 Å². The van der Waals surface area contributed by atoms with Crippen molar-refractivity contribution in [1.82, 2.24) is 0 Å². The van der Waals surface area contributed by atoms with E-state index >= 15 is 4.39 Å². The Labute approximate surface area is 216 Å². The van der Waals surface area contributed by atoms with Crippen LogP contribution in [0.15, 0.2) is 59.5 Å². The molecule has 4 rings (SSSR count).